The molecule has 3 aromatic rings. The van der Waals surface area contributed by atoms with E-state index in [1.807, 2.05) is 0 Å². The molecule has 41 heavy (non-hydrogen) atoms. The van der Waals surface area contributed by atoms with Crippen molar-refractivity contribution in [2.45, 2.75) is 57.2 Å². The van der Waals surface area contributed by atoms with Crippen molar-refractivity contribution in [1.29, 1.82) is 0 Å². The van der Waals surface area contributed by atoms with Gasteiger partial charge in [-0.1, -0.05) is 12.1 Å². The maximum atomic E-state index is 13.4. The number of hydrogen-bond acceptors (Lipinski definition) is 5. The van der Waals surface area contributed by atoms with Gasteiger partial charge in [-0.05, 0) is 105 Å². The number of aliphatic hydroxyl groups is 1. The van der Waals surface area contributed by atoms with E-state index in [4.69, 9.17) is 9.47 Å². The Kier molecular flexibility index (Phi) is 7.91. The lowest BCUT2D eigenvalue weighted by Gasteiger charge is -2.38. The van der Waals surface area contributed by atoms with Crippen molar-refractivity contribution in [3.05, 3.63) is 83.7 Å². The number of likely N-dealkylation sites (tertiary alicyclic amines) is 1. The van der Waals surface area contributed by atoms with E-state index in [0.717, 1.165) is 18.4 Å². The Morgan fingerprint density at radius 3 is 2.22 bits per heavy atom. The van der Waals surface area contributed by atoms with Crippen LogP contribution in [0.15, 0.2) is 66.7 Å². The second-order valence-corrected chi connectivity index (χ2v) is 11.5. The van der Waals surface area contributed by atoms with Gasteiger partial charge in [0.1, 0.15) is 29.7 Å². The Bertz CT molecular complexity index is 1390. The van der Waals surface area contributed by atoms with Gasteiger partial charge in [0, 0.05) is 24.8 Å². The van der Waals surface area contributed by atoms with Crippen LogP contribution in [-0.4, -0.2) is 45.8 Å². The van der Waals surface area contributed by atoms with Crippen LogP contribution in [0.2, 0.25) is 0 Å². The lowest BCUT2D eigenvalue weighted by Crippen LogP contribution is -2.49. The number of amides is 2. The van der Waals surface area contributed by atoms with E-state index in [9.17, 15) is 24.2 Å². The quantitative estimate of drug-likeness (QED) is 0.281. The van der Waals surface area contributed by atoms with E-state index >= 15 is 0 Å². The fraction of sp³-hybridized carbons (Fsp3) is 0.375. The van der Waals surface area contributed by atoms with Crippen LogP contribution in [0.25, 0.3) is 0 Å². The summed E-state index contributed by atoms with van der Waals surface area (Å²) in [7, 11) is 0. The average molecular weight is 563 g/mol. The molecule has 5 rings (SSSR count). The molecule has 1 saturated carbocycles. The molecule has 2 fully saturated rings. The zero-order chi connectivity index (χ0) is 29.2. The van der Waals surface area contributed by atoms with Crippen LogP contribution in [0.3, 0.4) is 0 Å². The highest BCUT2D eigenvalue weighted by atomic mass is 19.1. The van der Waals surface area contributed by atoms with Crippen molar-refractivity contribution in [2.24, 2.45) is 5.92 Å². The predicted molar refractivity (Wildman–Crippen MR) is 152 cm³/mol. The van der Waals surface area contributed by atoms with Crippen molar-refractivity contribution in [2.75, 3.05) is 18.4 Å². The summed E-state index contributed by atoms with van der Waals surface area (Å²) in [6, 6.07) is 17.6. The van der Waals surface area contributed by atoms with Crippen molar-refractivity contribution >= 4 is 17.7 Å². The maximum Gasteiger partial charge on any atom is 0.321 e. The van der Waals surface area contributed by atoms with E-state index < -0.39 is 17.0 Å². The molecule has 1 aliphatic heterocycles. The molecule has 1 heterocycles. The molecule has 2 aliphatic rings. The van der Waals surface area contributed by atoms with Crippen molar-refractivity contribution in [1.82, 2.24) is 4.90 Å². The van der Waals surface area contributed by atoms with Crippen LogP contribution in [0.4, 0.5) is 14.9 Å². The summed E-state index contributed by atoms with van der Waals surface area (Å²) in [6.07, 6.45) is 3.25. The predicted octanol–water partition coefficient (Wildman–Crippen LogP) is 6.33. The number of nitrogens with zero attached hydrogens (tertiary/aromatic N) is 1. The Labute approximate surface area is 238 Å². The van der Waals surface area contributed by atoms with Gasteiger partial charge in [-0.25, -0.2) is 9.18 Å². The number of piperidine rings is 1. The lowest BCUT2D eigenvalue weighted by atomic mass is 9.85. The molecule has 3 aromatic carbocycles. The second-order valence-electron chi connectivity index (χ2n) is 11.5. The molecule has 0 spiro atoms. The minimum Gasteiger partial charge on any atom is -0.489 e. The van der Waals surface area contributed by atoms with Gasteiger partial charge in [-0.15, -0.1) is 0 Å². The normalized spacial score (nSPS) is 16.6. The SMILES string of the molecule is CC(C)(C(=O)O)c1ccc(OCc2cc(NC(=O)N3CCC(O)(C4CC4)CC3)cc(Oc3ccc(F)cc3)c2)cc1. The molecule has 0 bridgehead atoms. The summed E-state index contributed by atoms with van der Waals surface area (Å²) in [5.74, 6) is 0.501. The number of carboxylic acids is 1. The molecule has 0 atom stereocenters. The zero-order valence-corrected chi connectivity index (χ0v) is 23.2. The fourth-order valence-electron chi connectivity index (χ4n) is 5.10. The first-order valence-electron chi connectivity index (χ1n) is 13.8. The molecular weight excluding hydrogens is 527 g/mol. The largest absolute Gasteiger partial charge is 0.489 e. The van der Waals surface area contributed by atoms with Crippen LogP contribution in [0.5, 0.6) is 17.2 Å². The average Bonchev–Trinajstić information content (AvgIpc) is 3.80. The van der Waals surface area contributed by atoms with E-state index in [1.54, 1.807) is 61.2 Å². The number of carbonyl (C=O) groups is 2. The van der Waals surface area contributed by atoms with Crippen LogP contribution in [0, 0.1) is 11.7 Å². The monoisotopic (exact) mass is 562 g/mol. The smallest absolute Gasteiger partial charge is 0.321 e. The molecule has 1 aliphatic carbocycles. The molecule has 9 heteroatoms. The summed E-state index contributed by atoms with van der Waals surface area (Å²) < 4.78 is 25.3. The number of rotatable bonds is 9. The van der Waals surface area contributed by atoms with Crippen LogP contribution in [-0.2, 0) is 16.8 Å². The minimum absolute atomic E-state index is 0.156. The van der Waals surface area contributed by atoms with Crippen molar-refractivity contribution in [3.63, 3.8) is 0 Å². The summed E-state index contributed by atoms with van der Waals surface area (Å²) in [4.78, 5) is 26.4. The molecule has 1 saturated heterocycles. The topological polar surface area (TPSA) is 108 Å². The summed E-state index contributed by atoms with van der Waals surface area (Å²) in [5.41, 5.74) is 0.200. The van der Waals surface area contributed by atoms with E-state index in [1.165, 1.54) is 24.3 Å². The number of carboxylic acid groups (broad SMARTS) is 1. The number of nitrogens with one attached hydrogen (secondary N) is 1. The Balaban J connectivity index is 1.29. The third-order valence-corrected chi connectivity index (χ3v) is 8.04. The van der Waals surface area contributed by atoms with E-state index in [-0.39, 0.29) is 18.5 Å². The first-order chi connectivity index (χ1) is 19.5. The van der Waals surface area contributed by atoms with Crippen LogP contribution in [0.1, 0.15) is 50.7 Å². The second kappa shape index (κ2) is 11.4. The standard InChI is InChI=1S/C32H35FN2O6/c1-31(2,29(36)37)22-5-9-26(10-6-22)40-20-21-17-25(19-28(18-21)41-27-11-7-24(33)8-12-27)34-30(38)35-15-13-32(39,14-16-35)23-3-4-23/h5-12,17-19,23,39H,3-4,13-16,20H2,1-2H3,(H,34,38)(H,36,37). The van der Waals surface area contributed by atoms with Gasteiger partial charge in [0.2, 0.25) is 0 Å². The molecule has 216 valence electrons. The number of halogens is 1. The Hall–Kier alpha value is -4.11. The first-order valence-corrected chi connectivity index (χ1v) is 13.8. The summed E-state index contributed by atoms with van der Waals surface area (Å²) in [5, 5.41) is 23.2. The number of hydrogen-bond donors (Lipinski definition) is 3. The van der Waals surface area contributed by atoms with Gasteiger partial charge in [-0.2, -0.15) is 0 Å². The van der Waals surface area contributed by atoms with E-state index in [0.29, 0.717) is 60.3 Å². The van der Waals surface area contributed by atoms with Crippen LogP contribution < -0.4 is 14.8 Å². The number of benzene rings is 3. The number of aliphatic carboxylic acids is 1. The number of carbonyl (C=O) groups excluding carboxylic acids is 1. The summed E-state index contributed by atoms with van der Waals surface area (Å²) >= 11 is 0. The molecular formula is C32H35FN2O6. The highest BCUT2D eigenvalue weighted by Gasteiger charge is 2.45. The fourth-order valence-corrected chi connectivity index (χ4v) is 5.10. The molecule has 8 nitrogen and oxygen atoms in total. The Morgan fingerprint density at radius 1 is 0.976 bits per heavy atom. The van der Waals surface area contributed by atoms with Gasteiger partial charge in [0.05, 0.1) is 11.0 Å². The first kappa shape index (κ1) is 28.4. The zero-order valence-electron chi connectivity index (χ0n) is 23.2. The minimum atomic E-state index is -1.03. The molecule has 3 N–H and O–H groups in total. The third-order valence-electron chi connectivity index (χ3n) is 8.04. The van der Waals surface area contributed by atoms with Crippen molar-refractivity contribution in [3.8, 4) is 17.2 Å². The van der Waals surface area contributed by atoms with E-state index in [2.05, 4.69) is 5.32 Å². The number of urea groups is 1. The van der Waals surface area contributed by atoms with Crippen LogP contribution >= 0.6 is 0 Å². The molecule has 2 amide bonds. The molecule has 0 aromatic heterocycles. The molecule has 0 radical (unpaired) electrons. The van der Waals surface area contributed by atoms with Gasteiger partial charge < -0.3 is 29.9 Å². The highest BCUT2D eigenvalue weighted by molar-refractivity contribution is 5.89. The molecule has 0 unspecified atom stereocenters. The lowest BCUT2D eigenvalue weighted by molar-refractivity contribution is -0.142. The number of anilines is 1. The van der Waals surface area contributed by atoms with Crippen molar-refractivity contribution < 1.29 is 33.7 Å². The third kappa shape index (κ3) is 6.79. The Morgan fingerprint density at radius 2 is 1.61 bits per heavy atom. The highest BCUT2D eigenvalue weighted by Crippen LogP contribution is 2.45. The van der Waals surface area contributed by atoms with Gasteiger partial charge in [-0.3, -0.25) is 4.79 Å². The maximum absolute atomic E-state index is 13.4. The summed E-state index contributed by atoms with van der Waals surface area (Å²) in [6.45, 7) is 4.41. The van der Waals surface area contributed by atoms with Gasteiger partial charge in [0.25, 0.3) is 0 Å². The van der Waals surface area contributed by atoms with Gasteiger partial charge in [0.15, 0.2) is 0 Å². The number of ether oxygens (including phenoxy) is 2. The van der Waals surface area contributed by atoms with Gasteiger partial charge >= 0.3 is 12.0 Å².